The zero-order valence-corrected chi connectivity index (χ0v) is 11.8. The first kappa shape index (κ1) is 14.8. The molecule has 0 saturated carbocycles. The first-order valence-electron chi connectivity index (χ1n) is 6.72. The second-order valence-corrected chi connectivity index (χ2v) is 4.83. The third-order valence-corrected chi connectivity index (χ3v) is 3.15. The molecule has 1 aliphatic rings. The zero-order chi connectivity index (χ0) is 16.4. The van der Waals surface area contributed by atoms with Crippen LogP contribution in [0.5, 0.6) is 0 Å². The molecule has 118 valence electrons. The number of hydrogen-bond donors (Lipinski definition) is 1. The van der Waals surface area contributed by atoms with Gasteiger partial charge in [-0.3, -0.25) is 9.59 Å². The molecule has 0 unspecified atom stereocenters. The topological polar surface area (TPSA) is 109 Å². The third-order valence-electron chi connectivity index (χ3n) is 3.15. The van der Waals surface area contributed by atoms with Crippen LogP contribution in [0.2, 0.25) is 0 Å². The quantitative estimate of drug-likeness (QED) is 0.909. The molecule has 1 aromatic heterocycles. The molecule has 9 heteroatoms. The van der Waals surface area contributed by atoms with E-state index in [4.69, 9.17) is 9.63 Å². The Hall–Kier alpha value is -3.10. The monoisotopic (exact) mass is 318 g/mol. The second-order valence-electron chi connectivity index (χ2n) is 4.83. The molecule has 1 N–H and O–H groups in total. The van der Waals surface area contributed by atoms with E-state index < -0.39 is 18.3 Å². The Labute approximate surface area is 129 Å². The van der Waals surface area contributed by atoms with Gasteiger partial charge in [0.2, 0.25) is 11.7 Å². The molecule has 2 aromatic rings. The van der Waals surface area contributed by atoms with Crippen LogP contribution < -0.4 is 0 Å². The molecule has 23 heavy (non-hydrogen) atoms. The van der Waals surface area contributed by atoms with E-state index >= 15 is 0 Å². The first-order chi connectivity index (χ1) is 11.0. The molecule has 1 amide bonds. The van der Waals surface area contributed by atoms with Crippen molar-refractivity contribution >= 4 is 17.6 Å². The Balaban J connectivity index is 1.87. The summed E-state index contributed by atoms with van der Waals surface area (Å²) < 4.78 is 18.3. The highest BCUT2D eigenvalue weighted by Gasteiger charge is 2.26. The van der Waals surface area contributed by atoms with Gasteiger partial charge in [0, 0.05) is 18.4 Å². The first-order valence-corrected chi connectivity index (χ1v) is 6.72. The lowest BCUT2D eigenvalue weighted by Crippen LogP contribution is -2.35. The van der Waals surface area contributed by atoms with Crippen LogP contribution in [0.4, 0.5) is 4.39 Å². The van der Waals surface area contributed by atoms with Gasteiger partial charge in [0.25, 0.3) is 5.89 Å². The van der Waals surface area contributed by atoms with Crippen LogP contribution in [0.3, 0.4) is 0 Å². The Morgan fingerprint density at radius 3 is 2.96 bits per heavy atom. The van der Waals surface area contributed by atoms with Gasteiger partial charge in [0.15, 0.2) is 0 Å². The molecular weight excluding hydrogens is 307 g/mol. The molecule has 8 nitrogen and oxygen atoms in total. The van der Waals surface area contributed by atoms with Crippen LogP contribution >= 0.6 is 0 Å². The Kier molecular flexibility index (Phi) is 3.83. The second kappa shape index (κ2) is 5.95. The Morgan fingerprint density at radius 2 is 2.22 bits per heavy atom. The number of carboxylic acids is 1. The summed E-state index contributed by atoms with van der Waals surface area (Å²) in [4.78, 5) is 26.5. The number of carbonyl (C=O) groups excluding carboxylic acids is 1. The van der Waals surface area contributed by atoms with E-state index in [1.807, 2.05) is 0 Å². The molecule has 0 fully saturated rings. The molecule has 1 aromatic carbocycles. The van der Waals surface area contributed by atoms with Crippen LogP contribution in [0.25, 0.3) is 11.4 Å². The fourth-order valence-corrected chi connectivity index (χ4v) is 2.09. The van der Waals surface area contributed by atoms with Crippen LogP contribution in [0.1, 0.15) is 18.7 Å². The minimum Gasteiger partial charge on any atom is -0.480 e. The smallest absolute Gasteiger partial charge is 0.325 e. The molecule has 2 heterocycles. The summed E-state index contributed by atoms with van der Waals surface area (Å²) in [7, 11) is 0. The molecule has 3 rings (SSSR count). The summed E-state index contributed by atoms with van der Waals surface area (Å²) in [5.74, 6) is -1.73. The van der Waals surface area contributed by atoms with Gasteiger partial charge in [-0.2, -0.15) is 10.1 Å². The van der Waals surface area contributed by atoms with Gasteiger partial charge >= 0.3 is 5.97 Å². The van der Waals surface area contributed by atoms with Crippen molar-refractivity contribution in [2.45, 2.75) is 12.8 Å². The van der Waals surface area contributed by atoms with E-state index in [0.717, 1.165) is 5.01 Å². The van der Waals surface area contributed by atoms with E-state index in [0.29, 0.717) is 11.3 Å². The maximum atomic E-state index is 13.2. The predicted octanol–water partition coefficient (Wildman–Crippen LogP) is 1.29. The van der Waals surface area contributed by atoms with Crippen molar-refractivity contribution in [2.24, 2.45) is 5.10 Å². The van der Waals surface area contributed by atoms with Crippen molar-refractivity contribution in [3.63, 3.8) is 0 Å². The minimum absolute atomic E-state index is 0.0761. The van der Waals surface area contributed by atoms with Crippen LogP contribution in [-0.2, 0) is 9.59 Å². The highest BCUT2D eigenvalue weighted by Crippen LogP contribution is 2.19. The van der Waals surface area contributed by atoms with Crippen LogP contribution in [0.15, 0.2) is 33.9 Å². The van der Waals surface area contributed by atoms with E-state index in [9.17, 15) is 14.0 Å². The Bertz CT molecular complexity index is 802. The average molecular weight is 318 g/mol. The number of benzene rings is 1. The maximum Gasteiger partial charge on any atom is 0.325 e. The van der Waals surface area contributed by atoms with Gasteiger partial charge < -0.3 is 9.63 Å². The molecule has 0 saturated heterocycles. The number of hydrogen-bond acceptors (Lipinski definition) is 6. The molecule has 0 bridgehead atoms. The fraction of sp³-hybridized carbons (Fsp3) is 0.214. The predicted molar refractivity (Wildman–Crippen MR) is 74.8 cm³/mol. The molecule has 0 atom stereocenters. The summed E-state index contributed by atoms with van der Waals surface area (Å²) in [6.45, 7) is -0.534. The highest BCUT2D eigenvalue weighted by molar-refractivity contribution is 6.01. The number of carboxylic acid groups (broad SMARTS) is 1. The van der Waals surface area contributed by atoms with Crippen molar-refractivity contribution in [3.8, 4) is 11.4 Å². The van der Waals surface area contributed by atoms with Gasteiger partial charge in [-0.25, -0.2) is 9.40 Å². The van der Waals surface area contributed by atoms with Crippen LogP contribution in [-0.4, -0.2) is 44.4 Å². The van der Waals surface area contributed by atoms with E-state index in [-0.39, 0.29) is 30.5 Å². The maximum absolute atomic E-state index is 13.2. The van der Waals surface area contributed by atoms with Crippen molar-refractivity contribution in [1.82, 2.24) is 15.1 Å². The summed E-state index contributed by atoms with van der Waals surface area (Å²) >= 11 is 0. The number of nitrogens with zero attached hydrogens (tertiary/aromatic N) is 4. The molecular formula is C14H11FN4O4. The number of aliphatic carboxylic acids is 1. The standard InChI is InChI=1S/C14H11FN4O4/c15-9-3-1-2-8(6-9)13-16-14(23-18-13)10-4-5-11(20)19(17-10)7-12(21)22/h1-3,6H,4-5,7H2,(H,21,22). The number of rotatable bonds is 4. The number of aromatic nitrogens is 2. The SMILES string of the molecule is O=C(O)CN1N=C(c2nc(-c3cccc(F)c3)no2)CCC1=O. The number of hydrazone groups is 1. The molecule has 0 spiro atoms. The summed E-state index contributed by atoms with van der Waals surface area (Å²) in [5.41, 5.74) is 0.760. The van der Waals surface area contributed by atoms with E-state index in [1.165, 1.54) is 18.2 Å². The summed E-state index contributed by atoms with van der Waals surface area (Å²) in [5, 5.41) is 17.3. The number of amides is 1. The van der Waals surface area contributed by atoms with Gasteiger partial charge in [-0.05, 0) is 12.1 Å². The van der Waals surface area contributed by atoms with Gasteiger partial charge in [0.05, 0.1) is 0 Å². The summed E-state index contributed by atoms with van der Waals surface area (Å²) in [6, 6.07) is 5.70. The molecule has 1 aliphatic heterocycles. The van der Waals surface area contributed by atoms with E-state index in [2.05, 4.69) is 15.2 Å². The molecule has 0 radical (unpaired) electrons. The average Bonchev–Trinajstić information content (AvgIpc) is 2.99. The normalized spacial score (nSPS) is 14.7. The van der Waals surface area contributed by atoms with Crippen molar-refractivity contribution in [1.29, 1.82) is 0 Å². The van der Waals surface area contributed by atoms with Crippen molar-refractivity contribution < 1.29 is 23.6 Å². The lowest BCUT2D eigenvalue weighted by Gasteiger charge is -2.20. The fourth-order valence-electron chi connectivity index (χ4n) is 2.09. The largest absolute Gasteiger partial charge is 0.480 e. The number of halogens is 1. The van der Waals surface area contributed by atoms with Crippen molar-refractivity contribution in [3.05, 3.63) is 36.0 Å². The zero-order valence-electron chi connectivity index (χ0n) is 11.8. The highest BCUT2D eigenvalue weighted by atomic mass is 19.1. The van der Waals surface area contributed by atoms with E-state index in [1.54, 1.807) is 6.07 Å². The van der Waals surface area contributed by atoms with Crippen molar-refractivity contribution in [2.75, 3.05) is 6.54 Å². The third kappa shape index (κ3) is 3.23. The van der Waals surface area contributed by atoms with Gasteiger partial charge in [-0.1, -0.05) is 17.3 Å². The Morgan fingerprint density at radius 1 is 1.39 bits per heavy atom. The van der Waals surface area contributed by atoms with Gasteiger partial charge in [-0.15, -0.1) is 0 Å². The van der Waals surface area contributed by atoms with Gasteiger partial charge in [0.1, 0.15) is 18.1 Å². The summed E-state index contributed by atoms with van der Waals surface area (Å²) in [6.07, 6.45) is 0.365. The lowest BCUT2D eigenvalue weighted by molar-refractivity contribution is -0.144. The number of carbonyl (C=O) groups is 2. The van der Waals surface area contributed by atoms with Crippen LogP contribution in [0, 0.1) is 5.82 Å². The lowest BCUT2D eigenvalue weighted by atomic mass is 10.1. The molecule has 0 aliphatic carbocycles. The minimum atomic E-state index is -1.17.